The molecular formula is C15H22O2. The monoisotopic (exact) mass is 234 g/mol. The van der Waals surface area contributed by atoms with Gasteiger partial charge in [-0.1, -0.05) is 25.0 Å². The maximum Gasteiger partial charge on any atom is 0.119 e. The first-order chi connectivity index (χ1) is 8.38. The van der Waals surface area contributed by atoms with Gasteiger partial charge in [0.25, 0.3) is 0 Å². The van der Waals surface area contributed by atoms with Crippen molar-refractivity contribution in [3.8, 4) is 5.75 Å². The van der Waals surface area contributed by atoms with E-state index in [1.807, 2.05) is 24.3 Å². The molecule has 0 radical (unpaired) electrons. The molecule has 1 aromatic carbocycles. The summed E-state index contributed by atoms with van der Waals surface area (Å²) in [4.78, 5) is 0. The number of ether oxygens (including phenoxy) is 1. The lowest BCUT2D eigenvalue weighted by molar-refractivity contribution is 0.183. The third-order valence-corrected chi connectivity index (χ3v) is 3.43. The van der Waals surface area contributed by atoms with Gasteiger partial charge in [-0.05, 0) is 49.8 Å². The van der Waals surface area contributed by atoms with Crippen molar-refractivity contribution in [2.45, 2.75) is 51.0 Å². The molecule has 1 saturated carbocycles. The zero-order valence-electron chi connectivity index (χ0n) is 10.4. The smallest absolute Gasteiger partial charge is 0.119 e. The Kier molecular flexibility index (Phi) is 4.87. The van der Waals surface area contributed by atoms with Crippen LogP contribution in [0.2, 0.25) is 0 Å². The molecule has 17 heavy (non-hydrogen) atoms. The number of rotatable bonds is 4. The minimum Gasteiger partial charge on any atom is -0.490 e. The lowest BCUT2D eigenvalue weighted by Crippen LogP contribution is -2.14. The minimum absolute atomic E-state index is 0.211. The first kappa shape index (κ1) is 12.4. The normalized spacial score (nSPS) is 17.7. The number of hydrogen-bond acceptors (Lipinski definition) is 2. The molecule has 0 heterocycles. The van der Waals surface area contributed by atoms with Crippen LogP contribution >= 0.6 is 0 Å². The molecule has 1 aliphatic carbocycles. The van der Waals surface area contributed by atoms with Gasteiger partial charge in [0.15, 0.2) is 0 Å². The molecule has 1 fully saturated rings. The summed E-state index contributed by atoms with van der Waals surface area (Å²) < 4.78 is 6.01. The molecule has 0 saturated heterocycles. The Bertz CT molecular complexity index is 310. The Balaban J connectivity index is 1.88. The van der Waals surface area contributed by atoms with E-state index in [4.69, 9.17) is 9.84 Å². The van der Waals surface area contributed by atoms with Crippen molar-refractivity contribution in [3.63, 3.8) is 0 Å². The van der Waals surface area contributed by atoms with E-state index in [-0.39, 0.29) is 6.61 Å². The van der Waals surface area contributed by atoms with Crippen molar-refractivity contribution in [3.05, 3.63) is 29.8 Å². The molecule has 0 spiro atoms. The summed E-state index contributed by atoms with van der Waals surface area (Å²) in [6, 6.07) is 8.14. The Morgan fingerprint density at radius 1 is 1.00 bits per heavy atom. The third-order valence-electron chi connectivity index (χ3n) is 3.43. The van der Waals surface area contributed by atoms with Crippen LogP contribution in [0, 0.1) is 0 Å². The average molecular weight is 234 g/mol. The van der Waals surface area contributed by atoms with Crippen molar-refractivity contribution in [1.29, 1.82) is 0 Å². The minimum atomic E-state index is 0.211. The molecule has 0 aliphatic heterocycles. The molecule has 1 aromatic rings. The van der Waals surface area contributed by atoms with E-state index in [0.717, 1.165) is 12.2 Å². The van der Waals surface area contributed by atoms with Gasteiger partial charge < -0.3 is 9.84 Å². The highest BCUT2D eigenvalue weighted by Gasteiger charge is 2.13. The topological polar surface area (TPSA) is 29.5 Å². The first-order valence-corrected chi connectivity index (χ1v) is 6.75. The summed E-state index contributed by atoms with van der Waals surface area (Å²) in [6.07, 6.45) is 8.83. The summed E-state index contributed by atoms with van der Waals surface area (Å²) in [7, 11) is 0. The zero-order valence-corrected chi connectivity index (χ0v) is 10.4. The van der Waals surface area contributed by atoms with Crippen LogP contribution in [-0.4, -0.2) is 17.8 Å². The summed E-state index contributed by atoms with van der Waals surface area (Å²) in [5.41, 5.74) is 1.17. The maximum absolute atomic E-state index is 8.85. The molecule has 0 aromatic heterocycles. The molecule has 1 aliphatic rings. The zero-order chi connectivity index (χ0) is 11.9. The average Bonchev–Trinajstić information content (AvgIpc) is 2.61. The summed E-state index contributed by atoms with van der Waals surface area (Å²) in [5.74, 6) is 0.971. The largest absolute Gasteiger partial charge is 0.490 e. The summed E-state index contributed by atoms with van der Waals surface area (Å²) in [6.45, 7) is 0.211. The fourth-order valence-electron chi connectivity index (χ4n) is 2.42. The fraction of sp³-hybridized carbons (Fsp3) is 0.600. The van der Waals surface area contributed by atoms with Crippen LogP contribution in [0.15, 0.2) is 24.3 Å². The second kappa shape index (κ2) is 6.65. The predicted molar refractivity (Wildman–Crippen MR) is 69.3 cm³/mol. The maximum atomic E-state index is 8.85. The summed E-state index contributed by atoms with van der Waals surface area (Å²) in [5, 5.41) is 8.85. The van der Waals surface area contributed by atoms with Crippen LogP contribution in [0.1, 0.15) is 44.1 Å². The van der Waals surface area contributed by atoms with Crippen LogP contribution in [0.25, 0.3) is 0 Å². The predicted octanol–water partition coefficient (Wildman–Crippen LogP) is 3.32. The van der Waals surface area contributed by atoms with E-state index >= 15 is 0 Å². The van der Waals surface area contributed by atoms with Crippen LogP contribution in [-0.2, 0) is 6.42 Å². The SMILES string of the molecule is OCCc1ccc(OC2CCCCCC2)cc1. The number of aliphatic hydroxyl groups excluding tert-OH is 1. The quantitative estimate of drug-likeness (QED) is 0.810. The highest BCUT2D eigenvalue weighted by molar-refractivity contribution is 5.27. The molecule has 0 amide bonds. The van der Waals surface area contributed by atoms with Crippen molar-refractivity contribution in [2.75, 3.05) is 6.61 Å². The number of aliphatic hydroxyl groups is 1. The van der Waals surface area contributed by atoms with Gasteiger partial charge >= 0.3 is 0 Å². The van der Waals surface area contributed by atoms with Gasteiger partial charge in [-0.25, -0.2) is 0 Å². The first-order valence-electron chi connectivity index (χ1n) is 6.75. The van der Waals surface area contributed by atoms with E-state index in [9.17, 15) is 0 Å². The van der Waals surface area contributed by atoms with Crippen molar-refractivity contribution >= 4 is 0 Å². The van der Waals surface area contributed by atoms with E-state index in [1.54, 1.807) is 0 Å². The highest BCUT2D eigenvalue weighted by Crippen LogP contribution is 2.23. The Hall–Kier alpha value is -1.02. The highest BCUT2D eigenvalue weighted by atomic mass is 16.5. The molecule has 0 unspecified atom stereocenters. The summed E-state index contributed by atoms with van der Waals surface area (Å²) >= 11 is 0. The molecule has 2 heteroatoms. The van der Waals surface area contributed by atoms with Gasteiger partial charge in [0.1, 0.15) is 5.75 Å². The lowest BCUT2D eigenvalue weighted by atomic mass is 10.1. The third kappa shape index (κ3) is 4.04. The second-order valence-electron chi connectivity index (χ2n) is 4.85. The van der Waals surface area contributed by atoms with Crippen LogP contribution in [0.5, 0.6) is 5.75 Å². The van der Waals surface area contributed by atoms with Gasteiger partial charge in [-0.15, -0.1) is 0 Å². The van der Waals surface area contributed by atoms with Crippen LogP contribution < -0.4 is 4.74 Å². The number of hydrogen-bond donors (Lipinski definition) is 1. The van der Waals surface area contributed by atoms with Gasteiger partial charge in [0.05, 0.1) is 6.10 Å². The molecule has 2 nitrogen and oxygen atoms in total. The van der Waals surface area contributed by atoms with Crippen LogP contribution in [0.4, 0.5) is 0 Å². The number of benzene rings is 1. The lowest BCUT2D eigenvalue weighted by Gasteiger charge is -2.17. The molecule has 94 valence electrons. The molecule has 0 atom stereocenters. The van der Waals surface area contributed by atoms with Crippen molar-refractivity contribution < 1.29 is 9.84 Å². The van der Waals surface area contributed by atoms with Crippen molar-refractivity contribution in [1.82, 2.24) is 0 Å². The Morgan fingerprint density at radius 3 is 2.24 bits per heavy atom. The van der Waals surface area contributed by atoms with E-state index in [1.165, 1.54) is 44.1 Å². The van der Waals surface area contributed by atoms with Gasteiger partial charge in [-0.3, -0.25) is 0 Å². The van der Waals surface area contributed by atoms with E-state index < -0.39 is 0 Å². The van der Waals surface area contributed by atoms with Crippen LogP contribution in [0.3, 0.4) is 0 Å². The van der Waals surface area contributed by atoms with Crippen molar-refractivity contribution in [2.24, 2.45) is 0 Å². The molecular weight excluding hydrogens is 212 g/mol. The van der Waals surface area contributed by atoms with E-state index in [0.29, 0.717) is 6.10 Å². The Labute approximate surface area is 104 Å². The standard InChI is InChI=1S/C15H22O2/c16-12-11-13-7-9-15(10-8-13)17-14-5-3-1-2-4-6-14/h7-10,14,16H,1-6,11-12H2. The molecule has 0 bridgehead atoms. The van der Waals surface area contributed by atoms with E-state index in [2.05, 4.69) is 0 Å². The van der Waals surface area contributed by atoms with Gasteiger partial charge in [-0.2, -0.15) is 0 Å². The fourth-order valence-corrected chi connectivity index (χ4v) is 2.42. The Morgan fingerprint density at radius 2 is 1.65 bits per heavy atom. The molecule has 1 N–H and O–H groups in total. The molecule has 2 rings (SSSR count). The van der Waals surface area contributed by atoms with Gasteiger partial charge in [0.2, 0.25) is 0 Å². The second-order valence-corrected chi connectivity index (χ2v) is 4.85. The van der Waals surface area contributed by atoms with Gasteiger partial charge in [0, 0.05) is 6.61 Å².